The van der Waals surface area contributed by atoms with Gasteiger partial charge in [-0.2, -0.15) is 0 Å². The lowest BCUT2D eigenvalue weighted by Gasteiger charge is -2.32. The Morgan fingerprint density at radius 2 is 1.69 bits per heavy atom. The highest BCUT2D eigenvalue weighted by molar-refractivity contribution is 5.78. The molecule has 0 bridgehead atoms. The predicted octanol–water partition coefficient (Wildman–Crippen LogP) is 2.67. The van der Waals surface area contributed by atoms with Crippen LogP contribution in [0.2, 0.25) is 0 Å². The molecule has 4 heteroatoms. The lowest BCUT2D eigenvalue weighted by atomic mass is 9.94. The van der Waals surface area contributed by atoms with Crippen LogP contribution in [0.4, 0.5) is 4.39 Å². The number of hydrogen-bond donors (Lipinski definition) is 1. The number of carbonyl (C=O) groups is 1. The molecule has 26 heavy (non-hydrogen) atoms. The molecule has 1 heterocycles. The first-order valence-electron chi connectivity index (χ1n) is 9.56. The van der Waals surface area contributed by atoms with Gasteiger partial charge in [0.25, 0.3) is 0 Å². The minimum atomic E-state index is -0.189. The van der Waals surface area contributed by atoms with Crippen molar-refractivity contribution in [3.63, 3.8) is 0 Å². The van der Waals surface area contributed by atoms with Crippen LogP contribution in [0.1, 0.15) is 30.9 Å². The summed E-state index contributed by atoms with van der Waals surface area (Å²) in [4.78, 5) is 16.4. The van der Waals surface area contributed by atoms with Gasteiger partial charge >= 0.3 is 0 Å². The van der Waals surface area contributed by atoms with E-state index >= 15 is 0 Å². The minimum absolute atomic E-state index is 0.135. The molecule has 1 aliphatic heterocycles. The smallest absolute Gasteiger partial charge is 0.226 e. The van der Waals surface area contributed by atoms with E-state index in [1.807, 2.05) is 35.2 Å². The Kier molecular flexibility index (Phi) is 6.40. The molecule has 1 fully saturated rings. The molecule has 0 aliphatic carbocycles. The number of benzene rings is 2. The maximum absolute atomic E-state index is 13.0. The predicted molar refractivity (Wildman–Crippen MR) is 101 cm³/mol. The zero-order chi connectivity index (χ0) is 18.4. The molecular weight excluding hydrogens is 327 g/mol. The van der Waals surface area contributed by atoms with E-state index in [9.17, 15) is 9.18 Å². The zero-order valence-corrected chi connectivity index (χ0v) is 15.5. The lowest BCUT2D eigenvalue weighted by Crippen LogP contribution is -3.11. The largest absolute Gasteiger partial charge is 0.338 e. The second-order valence-electron chi connectivity index (χ2n) is 7.17. The van der Waals surface area contributed by atoms with Gasteiger partial charge in [0.05, 0.1) is 13.1 Å². The summed E-state index contributed by atoms with van der Waals surface area (Å²) in [5.74, 6) is 0.235. The third kappa shape index (κ3) is 4.92. The van der Waals surface area contributed by atoms with Crippen LogP contribution in [0, 0.1) is 11.7 Å². The molecule has 3 nitrogen and oxygen atoms in total. The van der Waals surface area contributed by atoms with Gasteiger partial charge < -0.3 is 9.80 Å². The van der Waals surface area contributed by atoms with Crippen molar-refractivity contribution in [1.29, 1.82) is 0 Å². The number of amides is 1. The Bertz CT molecular complexity index is 694. The third-order valence-electron chi connectivity index (χ3n) is 5.32. The van der Waals surface area contributed by atoms with Gasteiger partial charge in [-0.25, -0.2) is 4.39 Å². The minimum Gasteiger partial charge on any atom is -0.338 e. The molecule has 2 aromatic rings. The zero-order valence-electron chi connectivity index (χ0n) is 15.5. The number of carbonyl (C=O) groups excluding carboxylic acids is 1. The van der Waals surface area contributed by atoms with Crippen LogP contribution in [0.15, 0.2) is 54.6 Å². The van der Waals surface area contributed by atoms with Gasteiger partial charge in [-0.05, 0) is 24.6 Å². The van der Waals surface area contributed by atoms with E-state index in [4.69, 9.17) is 0 Å². The first kappa shape index (κ1) is 18.6. The first-order valence-corrected chi connectivity index (χ1v) is 9.56. The normalized spacial score (nSPS) is 19.9. The quantitative estimate of drug-likeness (QED) is 0.847. The molecule has 3 rings (SSSR count). The Balaban J connectivity index is 1.51. The van der Waals surface area contributed by atoms with Crippen LogP contribution >= 0.6 is 0 Å². The molecular formula is C22H28FN2O+. The fraction of sp³-hybridized carbons (Fsp3) is 0.409. The monoisotopic (exact) mass is 355 g/mol. The maximum atomic E-state index is 13.0. The van der Waals surface area contributed by atoms with E-state index in [0.29, 0.717) is 6.54 Å². The molecule has 1 N–H and O–H groups in total. The number of likely N-dealkylation sites (tertiary alicyclic amines) is 1. The molecule has 2 aromatic carbocycles. The number of halogens is 1. The average molecular weight is 355 g/mol. The van der Waals surface area contributed by atoms with Crippen molar-refractivity contribution in [2.75, 3.05) is 19.6 Å². The number of nitrogens with zero attached hydrogens (tertiary/aromatic N) is 1. The number of rotatable bonds is 6. The van der Waals surface area contributed by atoms with Gasteiger partial charge in [0, 0.05) is 37.4 Å². The molecule has 0 unspecified atom stereocenters. The van der Waals surface area contributed by atoms with Crippen molar-refractivity contribution in [3.8, 4) is 0 Å². The summed E-state index contributed by atoms with van der Waals surface area (Å²) in [6.07, 6.45) is 1.86. The Labute approximate surface area is 155 Å². The molecule has 0 atom stereocenters. The van der Waals surface area contributed by atoms with E-state index in [1.165, 1.54) is 22.6 Å². The second kappa shape index (κ2) is 8.95. The van der Waals surface area contributed by atoms with Gasteiger partial charge in [-0.15, -0.1) is 0 Å². The van der Waals surface area contributed by atoms with Gasteiger partial charge in [-0.3, -0.25) is 4.79 Å². The van der Waals surface area contributed by atoms with Crippen LogP contribution in [-0.4, -0.2) is 30.4 Å². The topological polar surface area (TPSA) is 24.8 Å². The van der Waals surface area contributed by atoms with Crippen molar-refractivity contribution in [2.45, 2.75) is 32.9 Å². The summed E-state index contributed by atoms with van der Waals surface area (Å²) in [6, 6.07) is 17.0. The Morgan fingerprint density at radius 3 is 2.31 bits per heavy atom. The van der Waals surface area contributed by atoms with E-state index in [0.717, 1.165) is 44.6 Å². The Morgan fingerprint density at radius 1 is 1.04 bits per heavy atom. The number of hydrogen-bond acceptors (Lipinski definition) is 1. The van der Waals surface area contributed by atoms with E-state index < -0.39 is 0 Å². The molecule has 138 valence electrons. The second-order valence-corrected chi connectivity index (χ2v) is 7.17. The van der Waals surface area contributed by atoms with Crippen LogP contribution in [0.25, 0.3) is 0 Å². The molecule has 1 aliphatic rings. The van der Waals surface area contributed by atoms with Gasteiger partial charge in [0.2, 0.25) is 5.91 Å². The highest BCUT2D eigenvalue weighted by Gasteiger charge is 2.30. The van der Waals surface area contributed by atoms with Crippen molar-refractivity contribution in [1.82, 2.24) is 4.90 Å². The van der Waals surface area contributed by atoms with Crippen molar-refractivity contribution >= 4 is 5.91 Å². The third-order valence-corrected chi connectivity index (χ3v) is 5.32. The molecule has 1 saturated heterocycles. The van der Waals surface area contributed by atoms with E-state index in [2.05, 4.69) is 19.1 Å². The van der Waals surface area contributed by atoms with E-state index in [1.54, 1.807) is 0 Å². The van der Waals surface area contributed by atoms with Crippen molar-refractivity contribution in [2.24, 2.45) is 5.92 Å². The van der Waals surface area contributed by atoms with Crippen molar-refractivity contribution < 1.29 is 14.1 Å². The van der Waals surface area contributed by atoms with Gasteiger partial charge in [0.1, 0.15) is 12.4 Å². The number of nitrogens with one attached hydrogen (secondary N) is 1. The maximum Gasteiger partial charge on any atom is 0.226 e. The molecule has 0 radical (unpaired) electrons. The first-order chi connectivity index (χ1) is 12.7. The fourth-order valence-electron chi connectivity index (χ4n) is 3.75. The lowest BCUT2D eigenvalue weighted by molar-refractivity contribution is -0.919. The fourth-order valence-corrected chi connectivity index (χ4v) is 3.75. The summed E-state index contributed by atoms with van der Waals surface area (Å²) in [6.45, 7) is 6.39. The van der Waals surface area contributed by atoms with Crippen LogP contribution < -0.4 is 4.90 Å². The number of piperidine rings is 1. The SMILES string of the molecule is CCN(Cc1ccccc1)C(=O)C1CC[NH+](Cc2ccc(F)cc2)CC1. The van der Waals surface area contributed by atoms with Crippen LogP contribution in [0.5, 0.6) is 0 Å². The van der Waals surface area contributed by atoms with Gasteiger partial charge in [0.15, 0.2) is 0 Å². The summed E-state index contributed by atoms with van der Waals surface area (Å²) in [5, 5.41) is 0. The summed E-state index contributed by atoms with van der Waals surface area (Å²) in [7, 11) is 0. The standard InChI is InChI=1S/C22H27FN2O/c1-2-25(17-18-6-4-3-5-7-18)22(26)20-12-14-24(15-13-20)16-19-8-10-21(23)11-9-19/h3-11,20H,2,12-17H2,1H3/p+1. The average Bonchev–Trinajstić information content (AvgIpc) is 2.69. The van der Waals surface area contributed by atoms with Crippen LogP contribution in [-0.2, 0) is 17.9 Å². The molecule has 0 spiro atoms. The summed E-state index contributed by atoms with van der Waals surface area (Å²) >= 11 is 0. The highest BCUT2D eigenvalue weighted by Crippen LogP contribution is 2.16. The van der Waals surface area contributed by atoms with Gasteiger partial charge in [-0.1, -0.05) is 42.5 Å². The highest BCUT2D eigenvalue weighted by atomic mass is 19.1. The molecule has 1 amide bonds. The summed E-state index contributed by atoms with van der Waals surface area (Å²) < 4.78 is 13.0. The number of quaternary nitrogens is 1. The van der Waals surface area contributed by atoms with Crippen molar-refractivity contribution in [3.05, 3.63) is 71.5 Å². The van der Waals surface area contributed by atoms with E-state index in [-0.39, 0.29) is 17.6 Å². The molecule has 0 saturated carbocycles. The van der Waals surface area contributed by atoms with Crippen LogP contribution in [0.3, 0.4) is 0 Å². The summed E-state index contributed by atoms with van der Waals surface area (Å²) in [5.41, 5.74) is 2.34. The Hall–Kier alpha value is -2.20. The molecule has 0 aromatic heterocycles.